The maximum atomic E-state index is 8.68. The third-order valence-electron chi connectivity index (χ3n) is 0.768. The Morgan fingerprint density at radius 2 is 2.25 bits per heavy atom. The molecular formula is C5H5NOS. The van der Waals surface area contributed by atoms with Crippen molar-refractivity contribution < 1.29 is 5.11 Å². The minimum atomic E-state index is 0.207. The van der Waals surface area contributed by atoms with E-state index in [0.29, 0.717) is 4.64 Å². The Hall–Kier alpha value is -0.830. The first-order valence-corrected chi connectivity index (χ1v) is 2.57. The second-order valence-electron chi connectivity index (χ2n) is 1.41. The van der Waals surface area contributed by atoms with Gasteiger partial charge >= 0.3 is 0 Å². The molecule has 0 aliphatic heterocycles. The zero-order chi connectivity index (χ0) is 5.98. The average Bonchev–Trinajstić information content (AvgIpc) is 1.77. The number of hydrogen-bond donors (Lipinski definition) is 2. The number of aromatic amines is 1. The van der Waals surface area contributed by atoms with Crippen molar-refractivity contribution in [3.05, 3.63) is 23.0 Å². The van der Waals surface area contributed by atoms with Gasteiger partial charge in [-0.3, -0.25) is 0 Å². The summed E-state index contributed by atoms with van der Waals surface area (Å²) in [7, 11) is 0. The molecule has 0 aliphatic carbocycles. The van der Waals surface area contributed by atoms with Gasteiger partial charge in [0.2, 0.25) is 0 Å². The molecule has 0 atom stereocenters. The van der Waals surface area contributed by atoms with Gasteiger partial charge in [0.15, 0.2) is 0 Å². The van der Waals surface area contributed by atoms with Gasteiger partial charge in [-0.2, -0.15) is 0 Å². The third kappa shape index (κ3) is 1.07. The van der Waals surface area contributed by atoms with Gasteiger partial charge in [0.05, 0.1) is 0 Å². The van der Waals surface area contributed by atoms with Crippen LogP contribution in [0, 0.1) is 4.64 Å². The van der Waals surface area contributed by atoms with Gasteiger partial charge in [-0.15, -0.1) is 0 Å². The molecule has 0 saturated heterocycles. The summed E-state index contributed by atoms with van der Waals surface area (Å²) in [5, 5.41) is 8.68. The summed E-state index contributed by atoms with van der Waals surface area (Å²) in [5.41, 5.74) is 0. The van der Waals surface area contributed by atoms with Crippen LogP contribution in [-0.4, -0.2) is 10.1 Å². The fourth-order valence-electron chi connectivity index (χ4n) is 0.402. The van der Waals surface area contributed by atoms with E-state index in [2.05, 4.69) is 4.98 Å². The topological polar surface area (TPSA) is 36.0 Å². The Labute approximate surface area is 51.8 Å². The van der Waals surface area contributed by atoms with Crippen LogP contribution < -0.4 is 0 Å². The molecule has 0 amide bonds. The molecule has 0 radical (unpaired) electrons. The molecule has 3 heteroatoms. The van der Waals surface area contributed by atoms with Gasteiger partial charge in [0, 0.05) is 6.20 Å². The van der Waals surface area contributed by atoms with Gasteiger partial charge < -0.3 is 10.1 Å². The van der Waals surface area contributed by atoms with Crippen molar-refractivity contribution in [3.63, 3.8) is 0 Å². The summed E-state index contributed by atoms with van der Waals surface area (Å²) in [4.78, 5) is 2.66. The van der Waals surface area contributed by atoms with E-state index in [1.807, 2.05) is 0 Å². The van der Waals surface area contributed by atoms with Crippen LogP contribution >= 0.6 is 12.2 Å². The van der Waals surface area contributed by atoms with Gasteiger partial charge in [-0.05, 0) is 12.1 Å². The maximum absolute atomic E-state index is 8.68. The summed E-state index contributed by atoms with van der Waals surface area (Å²) < 4.78 is 0.628. The van der Waals surface area contributed by atoms with Gasteiger partial charge in [0.1, 0.15) is 10.4 Å². The van der Waals surface area contributed by atoms with E-state index < -0.39 is 0 Å². The predicted molar refractivity (Wildman–Crippen MR) is 33.3 cm³/mol. The summed E-state index contributed by atoms with van der Waals surface area (Å²) in [6.07, 6.45) is 1.45. The van der Waals surface area contributed by atoms with Crippen LogP contribution in [0.1, 0.15) is 0 Å². The maximum Gasteiger partial charge on any atom is 0.131 e. The van der Waals surface area contributed by atoms with Crippen molar-refractivity contribution >= 4 is 12.2 Å². The first kappa shape index (κ1) is 5.31. The van der Waals surface area contributed by atoms with Crippen molar-refractivity contribution in [1.29, 1.82) is 0 Å². The Balaban J connectivity index is 3.22. The second-order valence-corrected chi connectivity index (χ2v) is 1.85. The molecule has 1 rings (SSSR count). The van der Waals surface area contributed by atoms with E-state index in [4.69, 9.17) is 17.3 Å². The summed E-state index contributed by atoms with van der Waals surface area (Å²) in [6.45, 7) is 0. The van der Waals surface area contributed by atoms with Crippen LogP contribution in [0.15, 0.2) is 18.3 Å². The predicted octanol–water partition coefficient (Wildman–Crippen LogP) is 1.45. The van der Waals surface area contributed by atoms with E-state index in [1.165, 1.54) is 6.20 Å². The number of rotatable bonds is 0. The number of H-pyrrole nitrogens is 1. The zero-order valence-electron chi connectivity index (χ0n) is 4.09. The first-order chi connectivity index (χ1) is 3.79. The minimum absolute atomic E-state index is 0.207. The molecule has 0 fully saturated rings. The van der Waals surface area contributed by atoms with Crippen molar-refractivity contribution in [1.82, 2.24) is 4.98 Å². The fourth-order valence-corrected chi connectivity index (χ4v) is 0.529. The summed E-state index contributed by atoms with van der Waals surface area (Å²) in [5.74, 6) is 0.207. The normalized spacial score (nSPS) is 9.00. The van der Waals surface area contributed by atoms with Gasteiger partial charge in [0.25, 0.3) is 0 Å². The number of aromatic nitrogens is 1. The fraction of sp³-hybridized carbons (Fsp3) is 0. The Kier molecular flexibility index (Phi) is 1.30. The molecule has 42 valence electrons. The highest BCUT2D eigenvalue weighted by Gasteiger charge is 1.78. The van der Waals surface area contributed by atoms with Crippen molar-refractivity contribution in [3.8, 4) is 5.75 Å². The summed E-state index contributed by atoms with van der Waals surface area (Å²) >= 11 is 4.70. The van der Waals surface area contributed by atoms with Gasteiger partial charge in [-0.25, -0.2) is 0 Å². The molecule has 0 unspecified atom stereocenters. The average molecular weight is 127 g/mol. The molecule has 0 saturated carbocycles. The molecule has 0 aromatic carbocycles. The Morgan fingerprint density at radius 3 is 2.62 bits per heavy atom. The highest BCUT2D eigenvalue weighted by Crippen LogP contribution is 2.01. The van der Waals surface area contributed by atoms with Crippen LogP contribution in [0.2, 0.25) is 0 Å². The van der Waals surface area contributed by atoms with Crippen LogP contribution in [0.3, 0.4) is 0 Å². The number of hydrogen-bond acceptors (Lipinski definition) is 2. The highest BCUT2D eigenvalue weighted by molar-refractivity contribution is 7.71. The SMILES string of the molecule is Oc1ccc(=S)[nH]c1. The Bertz CT molecular complexity index is 210. The van der Waals surface area contributed by atoms with Crippen LogP contribution in [-0.2, 0) is 0 Å². The minimum Gasteiger partial charge on any atom is -0.506 e. The van der Waals surface area contributed by atoms with Crippen LogP contribution in [0.25, 0.3) is 0 Å². The lowest BCUT2D eigenvalue weighted by Gasteiger charge is -1.85. The van der Waals surface area contributed by atoms with Crippen molar-refractivity contribution in [2.45, 2.75) is 0 Å². The number of nitrogens with one attached hydrogen (secondary N) is 1. The van der Waals surface area contributed by atoms with Crippen LogP contribution in [0.5, 0.6) is 5.75 Å². The molecule has 8 heavy (non-hydrogen) atoms. The summed E-state index contributed by atoms with van der Waals surface area (Å²) in [6, 6.07) is 3.17. The van der Waals surface area contributed by atoms with E-state index in [0.717, 1.165) is 0 Å². The smallest absolute Gasteiger partial charge is 0.131 e. The van der Waals surface area contributed by atoms with Crippen LogP contribution in [0.4, 0.5) is 0 Å². The van der Waals surface area contributed by atoms with E-state index in [9.17, 15) is 0 Å². The van der Waals surface area contributed by atoms with Crippen molar-refractivity contribution in [2.75, 3.05) is 0 Å². The molecule has 0 spiro atoms. The van der Waals surface area contributed by atoms with E-state index in [1.54, 1.807) is 12.1 Å². The lowest BCUT2D eigenvalue weighted by molar-refractivity contribution is 0.472. The lowest BCUT2D eigenvalue weighted by Crippen LogP contribution is -1.68. The first-order valence-electron chi connectivity index (χ1n) is 2.17. The van der Waals surface area contributed by atoms with Gasteiger partial charge in [-0.1, -0.05) is 12.2 Å². The van der Waals surface area contributed by atoms with Crippen molar-refractivity contribution in [2.24, 2.45) is 0 Å². The molecular weight excluding hydrogens is 122 g/mol. The molecule has 1 aromatic heterocycles. The molecule has 0 aliphatic rings. The highest BCUT2D eigenvalue weighted by atomic mass is 32.1. The van der Waals surface area contributed by atoms with E-state index >= 15 is 0 Å². The quantitative estimate of drug-likeness (QED) is 0.517. The lowest BCUT2D eigenvalue weighted by atomic mass is 10.5. The zero-order valence-corrected chi connectivity index (χ0v) is 4.90. The molecule has 2 nitrogen and oxygen atoms in total. The molecule has 2 N–H and O–H groups in total. The van der Waals surface area contributed by atoms with E-state index in [-0.39, 0.29) is 5.75 Å². The largest absolute Gasteiger partial charge is 0.506 e. The number of pyridine rings is 1. The molecule has 0 bridgehead atoms. The Morgan fingerprint density at radius 1 is 1.50 bits per heavy atom. The second kappa shape index (κ2) is 1.96. The monoisotopic (exact) mass is 127 g/mol. The third-order valence-corrected chi connectivity index (χ3v) is 1.02. The standard InChI is InChI=1S/C5H5NOS/c7-4-1-2-5(8)6-3-4/h1-3,7H,(H,6,8). The molecule has 1 aromatic rings. The molecule has 1 heterocycles. The number of aromatic hydroxyl groups is 1.